The van der Waals surface area contributed by atoms with Gasteiger partial charge < -0.3 is 9.47 Å². The van der Waals surface area contributed by atoms with Crippen LogP contribution in [-0.2, 0) is 9.53 Å². The molecule has 3 nitrogen and oxygen atoms in total. The SMILES string of the molecule is CC(C)OC(=O)COc1ccc(Br)c(F)c1. The first-order valence-electron chi connectivity index (χ1n) is 4.76. The fourth-order valence-electron chi connectivity index (χ4n) is 1.01. The Labute approximate surface area is 102 Å². The number of carbonyl (C=O) groups excluding carboxylic acids is 1. The van der Waals surface area contributed by atoms with E-state index in [-0.39, 0.29) is 12.7 Å². The van der Waals surface area contributed by atoms with E-state index in [1.54, 1.807) is 19.9 Å². The summed E-state index contributed by atoms with van der Waals surface area (Å²) in [4.78, 5) is 11.1. The van der Waals surface area contributed by atoms with Crippen molar-refractivity contribution in [3.8, 4) is 5.75 Å². The lowest BCUT2D eigenvalue weighted by Gasteiger charge is -2.09. The molecular formula is C11H12BrFO3. The number of benzene rings is 1. The van der Waals surface area contributed by atoms with E-state index in [0.29, 0.717) is 10.2 Å². The minimum Gasteiger partial charge on any atom is -0.482 e. The van der Waals surface area contributed by atoms with Crippen LogP contribution in [0, 0.1) is 5.82 Å². The highest BCUT2D eigenvalue weighted by molar-refractivity contribution is 9.10. The van der Waals surface area contributed by atoms with Gasteiger partial charge >= 0.3 is 5.97 Å². The lowest BCUT2D eigenvalue weighted by Crippen LogP contribution is -2.18. The zero-order valence-corrected chi connectivity index (χ0v) is 10.6. The molecule has 1 rings (SSSR count). The van der Waals surface area contributed by atoms with Crippen molar-refractivity contribution in [2.45, 2.75) is 20.0 Å². The molecule has 1 aromatic rings. The monoisotopic (exact) mass is 290 g/mol. The summed E-state index contributed by atoms with van der Waals surface area (Å²) in [5, 5.41) is 0. The molecule has 0 bridgehead atoms. The number of ether oxygens (including phenoxy) is 2. The Morgan fingerprint density at radius 2 is 2.19 bits per heavy atom. The molecule has 0 aliphatic rings. The Morgan fingerprint density at radius 3 is 2.75 bits per heavy atom. The summed E-state index contributed by atoms with van der Waals surface area (Å²) in [7, 11) is 0. The molecule has 0 atom stereocenters. The molecule has 88 valence electrons. The zero-order chi connectivity index (χ0) is 12.1. The summed E-state index contributed by atoms with van der Waals surface area (Å²) < 4.78 is 23.4. The molecule has 0 spiro atoms. The van der Waals surface area contributed by atoms with Crippen LogP contribution in [0.3, 0.4) is 0 Å². The highest BCUT2D eigenvalue weighted by Gasteiger charge is 2.07. The molecule has 5 heteroatoms. The number of hydrogen-bond acceptors (Lipinski definition) is 3. The van der Waals surface area contributed by atoms with Gasteiger partial charge in [0.2, 0.25) is 0 Å². The molecule has 16 heavy (non-hydrogen) atoms. The smallest absolute Gasteiger partial charge is 0.344 e. The number of rotatable bonds is 4. The molecule has 0 saturated heterocycles. The quantitative estimate of drug-likeness (QED) is 0.800. The average molecular weight is 291 g/mol. The van der Waals surface area contributed by atoms with Gasteiger partial charge in [-0.15, -0.1) is 0 Å². The van der Waals surface area contributed by atoms with Crippen LogP contribution < -0.4 is 4.74 Å². The van der Waals surface area contributed by atoms with E-state index < -0.39 is 11.8 Å². The molecule has 0 unspecified atom stereocenters. The maximum Gasteiger partial charge on any atom is 0.344 e. The summed E-state index contributed by atoms with van der Waals surface area (Å²) in [6.07, 6.45) is -0.183. The topological polar surface area (TPSA) is 35.5 Å². The maximum atomic E-state index is 13.1. The molecule has 0 aliphatic heterocycles. The maximum absolute atomic E-state index is 13.1. The Balaban J connectivity index is 2.48. The largest absolute Gasteiger partial charge is 0.482 e. The number of carbonyl (C=O) groups is 1. The fourth-order valence-corrected chi connectivity index (χ4v) is 1.25. The van der Waals surface area contributed by atoms with Crippen molar-refractivity contribution < 1.29 is 18.7 Å². The third-order valence-electron chi connectivity index (χ3n) is 1.61. The van der Waals surface area contributed by atoms with Crippen LogP contribution in [0.25, 0.3) is 0 Å². The summed E-state index contributed by atoms with van der Waals surface area (Å²) in [5.74, 6) is -0.616. The normalized spacial score (nSPS) is 10.3. The van der Waals surface area contributed by atoms with E-state index in [9.17, 15) is 9.18 Å². The van der Waals surface area contributed by atoms with Gasteiger partial charge in [0.05, 0.1) is 10.6 Å². The molecule has 0 N–H and O–H groups in total. The third kappa shape index (κ3) is 4.18. The van der Waals surface area contributed by atoms with Gasteiger partial charge in [0.1, 0.15) is 11.6 Å². The second-order valence-corrected chi connectivity index (χ2v) is 4.26. The van der Waals surface area contributed by atoms with Crippen LogP contribution in [0.15, 0.2) is 22.7 Å². The second-order valence-electron chi connectivity index (χ2n) is 3.40. The first kappa shape index (κ1) is 13.0. The highest BCUT2D eigenvalue weighted by atomic mass is 79.9. The van der Waals surface area contributed by atoms with Gasteiger partial charge in [0.25, 0.3) is 0 Å². The van der Waals surface area contributed by atoms with E-state index in [0.717, 1.165) is 0 Å². The van der Waals surface area contributed by atoms with Crippen molar-refractivity contribution >= 4 is 21.9 Å². The Morgan fingerprint density at radius 1 is 1.50 bits per heavy atom. The van der Waals surface area contributed by atoms with E-state index in [4.69, 9.17) is 9.47 Å². The van der Waals surface area contributed by atoms with Crippen LogP contribution >= 0.6 is 15.9 Å². The molecule has 0 radical (unpaired) electrons. The highest BCUT2D eigenvalue weighted by Crippen LogP contribution is 2.20. The standard InChI is InChI=1S/C11H12BrFO3/c1-7(2)16-11(14)6-15-8-3-4-9(12)10(13)5-8/h3-5,7H,6H2,1-2H3. The van der Waals surface area contributed by atoms with Crippen LogP contribution in [0.1, 0.15) is 13.8 Å². The first-order chi connectivity index (χ1) is 7.49. The lowest BCUT2D eigenvalue weighted by molar-refractivity contribution is -0.149. The first-order valence-corrected chi connectivity index (χ1v) is 5.55. The predicted molar refractivity (Wildman–Crippen MR) is 60.8 cm³/mol. The van der Waals surface area contributed by atoms with Crippen molar-refractivity contribution in [1.29, 1.82) is 0 Å². The Kier molecular flexibility index (Phi) is 4.73. The zero-order valence-electron chi connectivity index (χ0n) is 9.00. The minimum atomic E-state index is -0.474. The average Bonchev–Trinajstić information content (AvgIpc) is 2.19. The predicted octanol–water partition coefficient (Wildman–Crippen LogP) is 2.92. The van der Waals surface area contributed by atoms with E-state index in [1.165, 1.54) is 12.1 Å². The van der Waals surface area contributed by atoms with Gasteiger partial charge in [-0.05, 0) is 41.9 Å². The Bertz CT molecular complexity index is 379. The van der Waals surface area contributed by atoms with Crippen molar-refractivity contribution in [3.63, 3.8) is 0 Å². The van der Waals surface area contributed by atoms with E-state index >= 15 is 0 Å². The molecular weight excluding hydrogens is 279 g/mol. The van der Waals surface area contributed by atoms with Crippen LogP contribution in [0.5, 0.6) is 5.75 Å². The molecule has 0 heterocycles. The second kappa shape index (κ2) is 5.84. The molecule has 0 aliphatic carbocycles. The van der Waals surface area contributed by atoms with Crippen molar-refractivity contribution in [1.82, 2.24) is 0 Å². The number of hydrogen-bond donors (Lipinski definition) is 0. The third-order valence-corrected chi connectivity index (χ3v) is 2.26. The number of halogens is 2. The van der Waals surface area contributed by atoms with Gasteiger partial charge in [0, 0.05) is 6.07 Å². The van der Waals surface area contributed by atoms with Gasteiger partial charge in [-0.25, -0.2) is 9.18 Å². The summed E-state index contributed by atoms with van der Waals surface area (Å²) in [5.41, 5.74) is 0. The Hall–Kier alpha value is -1.10. The van der Waals surface area contributed by atoms with Crippen molar-refractivity contribution in [2.24, 2.45) is 0 Å². The summed E-state index contributed by atoms with van der Waals surface area (Å²) >= 11 is 3.02. The van der Waals surface area contributed by atoms with Crippen LogP contribution in [0.2, 0.25) is 0 Å². The fraction of sp³-hybridized carbons (Fsp3) is 0.364. The van der Waals surface area contributed by atoms with Gasteiger partial charge in [-0.1, -0.05) is 0 Å². The van der Waals surface area contributed by atoms with Crippen molar-refractivity contribution in [2.75, 3.05) is 6.61 Å². The van der Waals surface area contributed by atoms with Crippen LogP contribution in [0.4, 0.5) is 4.39 Å². The van der Waals surface area contributed by atoms with Gasteiger partial charge in [0.15, 0.2) is 6.61 Å². The summed E-state index contributed by atoms with van der Waals surface area (Å²) in [6.45, 7) is 3.27. The molecule has 0 amide bonds. The molecule has 0 fully saturated rings. The van der Waals surface area contributed by atoms with E-state index in [2.05, 4.69) is 15.9 Å². The van der Waals surface area contributed by atoms with Gasteiger partial charge in [-0.2, -0.15) is 0 Å². The van der Waals surface area contributed by atoms with Crippen LogP contribution in [-0.4, -0.2) is 18.7 Å². The van der Waals surface area contributed by atoms with Crippen molar-refractivity contribution in [3.05, 3.63) is 28.5 Å². The molecule has 0 saturated carbocycles. The minimum absolute atomic E-state index is 0.183. The summed E-state index contributed by atoms with van der Waals surface area (Å²) in [6, 6.07) is 4.28. The van der Waals surface area contributed by atoms with E-state index in [1.807, 2.05) is 0 Å². The number of esters is 1. The lowest BCUT2D eigenvalue weighted by atomic mass is 10.3. The van der Waals surface area contributed by atoms with Gasteiger partial charge in [-0.3, -0.25) is 0 Å². The molecule has 1 aromatic carbocycles. The molecule has 0 aromatic heterocycles.